The Hall–Kier alpha value is -1.48. The number of para-hydroxylation sites is 1. The zero-order valence-electron chi connectivity index (χ0n) is 10.9. The zero-order valence-corrected chi connectivity index (χ0v) is 11.7. The number of rotatable bonds is 4. The number of benzene rings is 1. The number of nitrogens with one attached hydrogen (secondary N) is 1. The van der Waals surface area contributed by atoms with E-state index in [1.54, 1.807) is 0 Å². The van der Waals surface area contributed by atoms with Crippen molar-refractivity contribution in [2.75, 3.05) is 11.9 Å². The van der Waals surface area contributed by atoms with Gasteiger partial charge in [0.05, 0.1) is 22.5 Å². The molecule has 1 aromatic carbocycles. The van der Waals surface area contributed by atoms with E-state index in [1.165, 1.54) is 0 Å². The van der Waals surface area contributed by atoms with Crippen LogP contribution in [0.3, 0.4) is 0 Å². The Bertz CT molecular complexity index is 519. The standard InChI is InChI=1S/C14H18ClN3/c1-10(9-16-13-7-5-4-6-8-13)18-12(3)14(15)11(2)17-18/h4-8,10,16H,9H2,1-3H3. The molecule has 0 saturated heterocycles. The Balaban J connectivity index is 2.04. The molecule has 0 aliphatic carbocycles. The van der Waals surface area contributed by atoms with Crippen LogP contribution in [0.15, 0.2) is 30.3 Å². The molecule has 0 fully saturated rings. The summed E-state index contributed by atoms with van der Waals surface area (Å²) in [4.78, 5) is 0. The fraction of sp³-hybridized carbons (Fsp3) is 0.357. The Morgan fingerprint density at radius 2 is 1.94 bits per heavy atom. The molecule has 0 bridgehead atoms. The summed E-state index contributed by atoms with van der Waals surface area (Å²) in [6.45, 7) is 6.89. The van der Waals surface area contributed by atoms with Crippen LogP contribution >= 0.6 is 11.6 Å². The minimum absolute atomic E-state index is 0.261. The molecular weight excluding hydrogens is 246 g/mol. The fourth-order valence-corrected chi connectivity index (χ4v) is 2.10. The van der Waals surface area contributed by atoms with E-state index in [2.05, 4.69) is 29.5 Å². The SMILES string of the molecule is Cc1nn(C(C)CNc2ccccc2)c(C)c1Cl. The molecule has 1 unspecified atom stereocenters. The van der Waals surface area contributed by atoms with E-state index in [4.69, 9.17) is 11.6 Å². The van der Waals surface area contributed by atoms with Crippen LogP contribution in [0.2, 0.25) is 5.02 Å². The number of halogens is 1. The first kappa shape index (κ1) is 13.0. The second-order valence-corrected chi connectivity index (χ2v) is 4.90. The van der Waals surface area contributed by atoms with E-state index in [0.717, 1.165) is 28.6 Å². The summed E-state index contributed by atoms with van der Waals surface area (Å²) >= 11 is 6.16. The van der Waals surface area contributed by atoms with E-state index in [9.17, 15) is 0 Å². The molecule has 0 saturated carbocycles. The van der Waals surface area contributed by atoms with Gasteiger partial charge in [-0.2, -0.15) is 5.10 Å². The summed E-state index contributed by atoms with van der Waals surface area (Å²) in [7, 11) is 0. The molecule has 1 N–H and O–H groups in total. The maximum atomic E-state index is 6.16. The molecule has 0 aliphatic rings. The minimum atomic E-state index is 0.261. The first-order valence-electron chi connectivity index (χ1n) is 6.09. The molecular formula is C14H18ClN3. The van der Waals surface area contributed by atoms with Gasteiger partial charge in [-0.15, -0.1) is 0 Å². The van der Waals surface area contributed by atoms with Gasteiger partial charge in [-0.3, -0.25) is 4.68 Å². The van der Waals surface area contributed by atoms with Crippen LogP contribution in [0, 0.1) is 13.8 Å². The van der Waals surface area contributed by atoms with Crippen molar-refractivity contribution < 1.29 is 0 Å². The second kappa shape index (κ2) is 5.44. The molecule has 0 aliphatic heterocycles. The Kier molecular flexibility index (Phi) is 3.92. The highest BCUT2D eigenvalue weighted by atomic mass is 35.5. The molecule has 0 amide bonds. The Labute approximate surface area is 113 Å². The molecule has 96 valence electrons. The number of hydrogen-bond donors (Lipinski definition) is 1. The van der Waals surface area contributed by atoms with Crippen molar-refractivity contribution in [3.8, 4) is 0 Å². The molecule has 1 aromatic heterocycles. The molecule has 0 spiro atoms. The summed E-state index contributed by atoms with van der Waals surface area (Å²) in [5, 5.41) is 8.63. The van der Waals surface area contributed by atoms with Crippen LogP contribution in [-0.4, -0.2) is 16.3 Å². The zero-order chi connectivity index (χ0) is 13.1. The molecule has 2 aromatic rings. The van der Waals surface area contributed by atoms with E-state index in [0.29, 0.717) is 0 Å². The van der Waals surface area contributed by atoms with Crippen LogP contribution in [-0.2, 0) is 0 Å². The lowest BCUT2D eigenvalue weighted by atomic mass is 10.3. The van der Waals surface area contributed by atoms with Crippen molar-refractivity contribution in [3.05, 3.63) is 46.7 Å². The summed E-state index contributed by atoms with van der Waals surface area (Å²) < 4.78 is 1.98. The molecule has 1 atom stereocenters. The van der Waals surface area contributed by atoms with Crippen molar-refractivity contribution in [1.29, 1.82) is 0 Å². The van der Waals surface area contributed by atoms with Gasteiger partial charge in [0, 0.05) is 12.2 Å². The van der Waals surface area contributed by atoms with Crippen LogP contribution in [0.4, 0.5) is 5.69 Å². The molecule has 18 heavy (non-hydrogen) atoms. The highest BCUT2D eigenvalue weighted by molar-refractivity contribution is 6.31. The Morgan fingerprint density at radius 3 is 2.50 bits per heavy atom. The van der Waals surface area contributed by atoms with Crippen LogP contribution in [0.5, 0.6) is 0 Å². The Morgan fingerprint density at radius 1 is 1.28 bits per heavy atom. The van der Waals surface area contributed by atoms with Gasteiger partial charge in [0.25, 0.3) is 0 Å². The number of nitrogens with zero attached hydrogens (tertiary/aromatic N) is 2. The van der Waals surface area contributed by atoms with Crippen molar-refractivity contribution in [2.24, 2.45) is 0 Å². The normalized spacial score (nSPS) is 12.4. The van der Waals surface area contributed by atoms with Gasteiger partial charge in [0.15, 0.2) is 0 Å². The third-order valence-corrected chi connectivity index (χ3v) is 3.58. The van der Waals surface area contributed by atoms with Gasteiger partial charge in [0.2, 0.25) is 0 Å². The number of aryl methyl sites for hydroxylation is 1. The summed E-state index contributed by atoms with van der Waals surface area (Å²) in [6.07, 6.45) is 0. The molecule has 2 rings (SSSR count). The topological polar surface area (TPSA) is 29.9 Å². The maximum Gasteiger partial charge on any atom is 0.0844 e. The predicted molar refractivity (Wildman–Crippen MR) is 76.4 cm³/mol. The molecule has 4 heteroatoms. The quantitative estimate of drug-likeness (QED) is 0.909. The fourth-order valence-electron chi connectivity index (χ4n) is 1.98. The van der Waals surface area contributed by atoms with Gasteiger partial charge in [-0.1, -0.05) is 29.8 Å². The first-order valence-corrected chi connectivity index (χ1v) is 6.47. The van der Waals surface area contributed by atoms with Crippen molar-refractivity contribution in [2.45, 2.75) is 26.8 Å². The maximum absolute atomic E-state index is 6.16. The van der Waals surface area contributed by atoms with Crippen LogP contribution in [0.1, 0.15) is 24.4 Å². The lowest BCUT2D eigenvalue weighted by Gasteiger charge is -2.16. The lowest BCUT2D eigenvalue weighted by Crippen LogP contribution is -2.18. The number of anilines is 1. The molecule has 3 nitrogen and oxygen atoms in total. The summed E-state index contributed by atoms with van der Waals surface area (Å²) in [6, 6.07) is 10.4. The van der Waals surface area contributed by atoms with E-state index in [1.807, 2.05) is 36.7 Å². The highest BCUT2D eigenvalue weighted by Crippen LogP contribution is 2.22. The smallest absolute Gasteiger partial charge is 0.0844 e. The van der Waals surface area contributed by atoms with E-state index in [-0.39, 0.29) is 6.04 Å². The number of hydrogen-bond acceptors (Lipinski definition) is 2. The number of aromatic nitrogens is 2. The van der Waals surface area contributed by atoms with Crippen LogP contribution < -0.4 is 5.32 Å². The monoisotopic (exact) mass is 263 g/mol. The predicted octanol–water partition coefficient (Wildman–Crippen LogP) is 3.83. The largest absolute Gasteiger partial charge is 0.383 e. The highest BCUT2D eigenvalue weighted by Gasteiger charge is 2.13. The second-order valence-electron chi connectivity index (χ2n) is 4.53. The molecule has 0 radical (unpaired) electrons. The first-order chi connectivity index (χ1) is 8.59. The van der Waals surface area contributed by atoms with Crippen LogP contribution in [0.25, 0.3) is 0 Å². The summed E-state index contributed by atoms with van der Waals surface area (Å²) in [5.74, 6) is 0. The minimum Gasteiger partial charge on any atom is -0.383 e. The third kappa shape index (κ3) is 2.67. The van der Waals surface area contributed by atoms with Gasteiger partial charge in [-0.25, -0.2) is 0 Å². The van der Waals surface area contributed by atoms with E-state index >= 15 is 0 Å². The van der Waals surface area contributed by atoms with E-state index < -0.39 is 0 Å². The van der Waals surface area contributed by atoms with Crippen molar-refractivity contribution in [3.63, 3.8) is 0 Å². The lowest BCUT2D eigenvalue weighted by molar-refractivity contribution is 0.498. The molecule has 1 heterocycles. The van der Waals surface area contributed by atoms with Gasteiger partial charge >= 0.3 is 0 Å². The van der Waals surface area contributed by atoms with Crippen molar-refractivity contribution >= 4 is 17.3 Å². The van der Waals surface area contributed by atoms with Gasteiger partial charge in [-0.05, 0) is 32.9 Å². The average molecular weight is 264 g/mol. The van der Waals surface area contributed by atoms with Crippen molar-refractivity contribution in [1.82, 2.24) is 9.78 Å². The third-order valence-electron chi connectivity index (χ3n) is 3.03. The average Bonchev–Trinajstić information content (AvgIpc) is 2.65. The van der Waals surface area contributed by atoms with Gasteiger partial charge < -0.3 is 5.32 Å². The summed E-state index contributed by atoms with van der Waals surface area (Å²) in [5.41, 5.74) is 3.04. The van der Waals surface area contributed by atoms with Gasteiger partial charge in [0.1, 0.15) is 0 Å².